The second-order valence-corrected chi connectivity index (χ2v) is 6.16. The van der Waals surface area contributed by atoms with Gasteiger partial charge in [0.25, 0.3) is 0 Å². The first kappa shape index (κ1) is 15.2. The molecule has 0 saturated carbocycles. The molecule has 0 aliphatic heterocycles. The Morgan fingerprint density at radius 3 is 2.72 bits per heavy atom. The smallest absolute Gasteiger partial charge is 0.224 e. The van der Waals surface area contributed by atoms with Gasteiger partial charge in [-0.15, -0.1) is 0 Å². The Balaban J connectivity index is 2.68. The molecule has 0 heterocycles. The lowest BCUT2D eigenvalue weighted by atomic mass is 9.84. The highest BCUT2D eigenvalue weighted by molar-refractivity contribution is 9.10. The molecule has 1 aromatic rings. The Labute approximate surface area is 117 Å². The third kappa shape index (κ3) is 4.10. The third-order valence-electron chi connectivity index (χ3n) is 3.11. The third-order valence-corrected chi connectivity index (χ3v) is 3.61. The van der Waals surface area contributed by atoms with Crippen molar-refractivity contribution in [2.24, 2.45) is 11.7 Å². The molecule has 0 fully saturated rings. The zero-order valence-electron chi connectivity index (χ0n) is 11.2. The Hall–Kier alpha value is -0.870. The van der Waals surface area contributed by atoms with Crippen molar-refractivity contribution in [2.75, 3.05) is 13.1 Å². The van der Waals surface area contributed by atoms with Crippen molar-refractivity contribution in [3.8, 4) is 0 Å². The van der Waals surface area contributed by atoms with E-state index in [0.29, 0.717) is 13.1 Å². The van der Waals surface area contributed by atoms with E-state index in [-0.39, 0.29) is 17.2 Å². The second kappa shape index (κ2) is 6.34. The summed E-state index contributed by atoms with van der Waals surface area (Å²) in [5, 5.41) is 2.96. The molecule has 1 amide bonds. The van der Waals surface area contributed by atoms with Crippen LogP contribution < -0.4 is 11.1 Å². The van der Waals surface area contributed by atoms with Crippen LogP contribution in [0.15, 0.2) is 28.7 Å². The monoisotopic (exact) mass is 312 g/mol. The van der Waals surface area contributed by atoms with E-state index in [1.165, 1.54) is 5.56 Å². The molecule has 1 rings (SSSR count). The first-order chi connectivity index (χ1) is 8.36. The molecule has 18 heavy (non-hydrogen) atoms. The highest BCUT2D eigenvalue weighted by Gasteiger charge is 2.22. The highest BCUT2D eigenvalue weighted by atomic mass is 79.9. The number of halogens is 1. The Morgan fingerprint density at radius 1 is 1.50 bits per heavy atom. The van der Waals surface area contributed by atoms with E-state index in [4.69, 9.17) is 5.73 Å². The Bertz CT molecular complexity index is 418. The molecule has 3 N–H and O–H groups in total. The van der Waals surface area contributed by atoms with Crippen molar-refractivity contribution in [2.45, 2.75) is 26.2 Å². The summed E-state index contributed by atoms with van der Waals surface area (Å²) in [6.45, 7) is 7.04. The molecule has 0 radical (unpaired) electrons. The molecule has 100 valence electrons. The average Bonchev–Trinajstić information content (AvgIpc) is 2.35. The Morgan fingerprint density at radius 2 is 2.17 bits per heavy atom. The number of carbonyl (C=O) groups is 1. The van der Waals surface area contributed by atoms with Gasteiger partial charge in [0.2, 0.25) is 5.91 Å². The summed E-state index contributed by atoms with van der Waals surface area (Å²) in [6, 6.07) is 8.15. The van der Waals surface area contributed by atoms with Crippen LogP contribution in [-0.2, 0) is 10.2 Å². The fourth-order valence-corrected chi connectivity index (χ4v) is 2.00. The van der Waals surface area contributed by atoms with Gasteiger partial charge in [0, 0.05) is 28.9 Å². The van der Waals surface area contributed by atoms with Gasteiger partial charge in [-0.1, -0.05) is 48.8 Å². The first-order valence-electron chi connectivity index (χ1n) is 6.10. The van der Waals surface area contributed by atoms with Crippen molar-refractivity contribution in [3.63, 3.8) is 0 Å². The van der Waals surface area contributed by atoms with Gasteiger partial charge in [0.15, 0.2) is 0 Å². The van der Waals surface area contributed by atoms with Gasteiger partial charge in [-0.05, 0) is 17.7 Å². The molecule has 1 aromatic carbocycles. The number of amides is 1. The summed E-state index contributed by atoms with van der Waals surface area (Å²) in [4.78, 5) is 11.7. The van der Waals surface area contributed by atoms with E-state index in [0.717, 1.165) is 4.47 Å². The van der Waals surface area contributed by atoms with Crippen LogP contribution in [0.5, 0.6) is 0 Å². The van der Waals surface area contributed by atoms with Crippen LogP contribution >= 0.6 is 15.9 Å². The van der Waals surface area contributed by atoms with E-state index < -0.39 is 0 Å². The number of nitrogens with two attached hydrogens (primary N) is 1. The molecule has 0 spiro atoms. The molecular formula is C14H21BrN2O. The summed E-state index contributed by atoms with van der Waals surface area (Å²) in [6.07, 6.45) is 0. The maximum atomic E-state index is 11.7. The SMILES string of the molecule is CC(CN)C(=O)NCC(C)(C)c1cccc(Br)c1. The van der Waals surface area contributed by atoms with Crippen molar-refractivity contribution < 1.29 is 4.79 Å². The number of hydrogen-bond donors (Lipinski definition) is 2. The van der Waals surface area contributed by atoms with Crippen LogP contribution in [0.3, 0.4) is 0 Å². The Kier molecular flexibility index (Phi) is 5.35. The zero-order chi connectivity index (χ0) is 13.8. The number of carbonyl (C=O) groups excluding carboxylic acids is 1. The summed E-state index contributed by atoms with van der Waals surface area (Å²) in [7, 11) is 0. The summed E-state index contributed by atoms with van der Waals surface area (Å²) < 4.78 is 1.05. The van der Waals surface area contributed by atoms with Gasteiger partial charge >= 0.3 is 0 Å². The summed E-state index contributed by atoms with van der Waals surface area (Å²) in [5.41, 5.74) is 6.57. The molecule has 0 bridgehead atoms. The van der Waals surface area contributed by atoms with Crippen molar-refractivity contribution >= 4 is 21.8 Å². The minimum Gasteiger partial charge on any atom is -0.355 e. The van der Waals surface area contributed by atoms with E-state index in [1.807, 2.05) is 19.1 Å². The van der Waals surface area contributed by atoms with E-state index in [2.05, 4.69) is 47.2 Å². The summed E-state index contributed by atoms with van der Waals surface area (Å²) >= 11 is 3.47. The predicted octanol–water partition coefficient (Wildman–Crippen LogP) is 2.44. The lowest BCUT2D eigenvalue weighted by Gasteiger charge is -2.26. The van der Waals surface area contributed by atoms with Crippen LogP contribution in [0.25, 0.3) is 0 Å². The van der Waals surface area contributed by atoms with E-state index in [9.17, 15) is 4.79 Å². The molecule has 0 aliphatic rings. The van der Waals surface area contributed by atoms with Gasteiger partial charge in [-0.25, -0.2) is 0 Å². The molecule has 0 aliphatic carbocycles. The molecule has 1 atom stereocenters. The minimum absolute atomic E-state index is 0.0144. The van der Waals surface area contributed by atoms with Gasteiger partial charge in [-0.2, -0.15) is 0 Å². The molecular weight excluding hydrogens is 292 g/mol. The van der Waals surface area contributed by atoms with Crippen molar-refractivity contribution in [1.82, 2.24) is 5.32 Å². The summed E-state index contributed by atoms with van der Waals surface area (Å²) in [5.74, 6) is -0.121. The number of rotatable bonds is 5. The highest BCUT2D eigenvalue weighted by Crippen LogP contribution is 2.25. The van der Waals surface area contributed by atoms with Crippen LogP contribution in [0.2, 0.25) is 0 Å². The van der Waals surface area contributed by atoms with Crippen LogP contribution in [0.1, 0.15) is 26.3 Å². The topological polar surface area (TPSA) is 55.1 Å². The number of benzene rings is 1. The fraction of sp³-hybridized carbons (Fsp3) is 0.500. The largest absolute Gasteiger partial charge is 0.355 e. The molecule has 0 aromatic heterocycles. The van der Waals surface area contributed by atoms with E-state index in [1.54, 1.807) is 0 Å². The maximum absolute atomic E-state index is 11.7. The first-order valence-corrected chi connectivity index (χ1v) is 6.90. The second-order valence-electron chi connectivity index (χ2n) is 5.25. The minimum atomic E-state index is -0.136. The molecule has 1 unspecified atom stereocenters. The van der Waals surface area contributed by atoms with Gasteiger partial charge in [-0.3, -0.25) is 4.79 Å². The lowest BCUT2D eigenvalue weighted by molar-refractivity contribution is -0.124. The average molecular weight is 313 g/mol. The molecule has 4 heteroatoms. The zero-order valence-corrected chi connectivity index (χ0v) is 12.8. The maximum Gasteiger partial charge on any atom is 0.224 e. The standard InChI is InChI=1S/C14H21BrN2O/c1-10(8-16)13(18)17-9-14(2,3)11-5-4-6-12(15)7-11/h4-7,10H,8-9,16H2,1-3H3,(H,17,18). The van der Waals surface area contributed by atoms with Gasteiger partial charge in [0.05, 0.1) is 0 Å². The molecule has 0 saturated heterocycles. The fourth-order valence-electron chi connectivity index (χ4n) is 1.60. The number of nitrogens with one attached hydrogen (secondary N) is 1. The van der Waals surface area contributed by atoms with Crippen LogP contribution in [0.4, 0.5) is 0 Å². The van der Waals surface area contributed by atoms with Gasteiger partial charge < -0.3 is 11.1 Å². The molecule has 3 nitrogen and oxygen atoms in total. The van der Waals surface area contributed by atoms with Gasteiger partial charge in [0.1, 0.15) is 0 Å². The van der Waals surface area contributed by atoms with Crippen LogP contribution in [-0.4, -0.2) is 19.0 Å². The number of hydrogen-bond acceptors (Lipinski definition) is 2. The predicted molar refractivity (Wildman–Crippen MR) is 78.4 cm³/mol. The lowest BCUT2D eigenvalue weighted by Crippen LogP contribution is -2.40. The van der Waals surface area contributed by atoms with Crippen molar-refractivity contribution in [1.29, 1.82) is 0 Å². The normalized spacial score (nSPS) is 13.2. The van der Waals surface area contributed by atoms with E-state index >= 15 is 0 Å². The van der Waals surface area contributed by atoms with Crippen LogP contribution in [0, 0.1) is 5.92 Å². The quantitative estimate of drug-likeness (QED) is 0.877. The van der Waals surface area contributed by atoms with Crippen molar-refractivity contribution in [3.05, 3.63) is 34.3 Å².